The summed E-state index contributed by atoms with van der Waals surface area (Å²) in [5.41, 5.74) is 7.84. The second-order valence-corrected chi connectivity index (χ2v) is 4.60. The highest BCUT2D eigenvalue weighted by atomic mass is 16.3. The summed E-state index contributed by atoms with van der Waals surface area (Å²) in [7, 11) is 0. The van der Waals surface area contributed by atoms with Crippen molar-refractivity contribution in [1.29, 1.82) is 0 Å². The lowest BCUT2D eigenvalue weighted by Crippen LogP contribution is -2.34. The van der Waals surface area contributed by atoms with E-state index in [1.807, 2.05) is 13.0 Å². The number of nitrogen functional groups attached to an aromatic ring is 1. The van der Waals surface area contributed by atoms with Crippen molar-refractivity contribution < 1.29 is 9.90 Å². The highest BCUT2D eigenvalue weighted by molar-refractivity contribution is 6.07. The molecular weight excluding hydrogens is 242 g/mol. The van der Waals surface area contributed by atoms with Crippen molar-refractivity contribution in [2.45, 2.75) is 25.8 Å². The van der Waals surface area contributed by atoms with E-state index in [9.17, 15) is 4.79 Å². The molecular formula is C14H19N3O2. The lowest BCUT2D eigenvalue weighted by Gasteiger charge is -2.15. The molecule has 0 aliphatic heterocycles. The number of nitrogens with two attached hydrogens (primary N) is 1. The van der Waals surface area contributed by atoms with Crippen molar-refractivity contribution >= 4 is 22.5 Å². The lowest BCUT2D eigenvalue weighted by molar-refractivity contribution is 0.0931. The normalized spacial score (nSPS) is 12.5. The molecule has 2 aromatic rings. The molecule has 1 heterocycles. The van der Waals surface area contributed by atoms with Gasteiger partial charge in [0.25, 0.3) is 5.91 Å². The molecule has 0 saturated heterocycles. The van der Waals surface area contributed by atoms with Crippen LogP contribution in [0.25, 0.3) is 10.9 Å². The number of hydrogen-bond donors (Lipinski definition) is 4. The first kappa shape index (κ1) is 13.4. The number of aliphatic hydroxyl groups is 1. The van der Waals surface area contributed by atoms with Crippen molar-refractivity contribution in [3.05, 3.63) is 30.0 Å². The smallest absolute Gasteiger partial charge is 0.253 e. The average Bonchev–Trinajstić information content (AvgIpc) is 2.81. The van der Waals surface area contributed by atoms with E-state index in [0.29, 0.717) is 17.7 Å². The van der Waals surface area contributed by atoms with Crippen LogP contribution in [0.4, 0.5) is 5.69 Å². The van der Waals surface area contributed by atoms with Crippen LogP contribution in [0, 0.1) is 0 Å². The molecule has 1 aromatic carbocycles. The zero-order valence-electron chi connectivity index (χ0n) is 10.9. The third-order valence-corrected chi connectivity index (χ3v) is 3.26. The molecule has 102 valence electrons. The summed E-state index contributed by atoms with van der Waals surface area (Å²) in [5.74, 6) is -0.142. The number of anilines is 1. The van der Waals surface area contributed by atoms with E-state index in [-0.39, 0.29) is 18.6 Å². The summed E-state index contributed by atoms with van der Waals surface area (Å²) in [4.78, 5) is 15.3. The second-order valence-electron chi connectivity index (χ2n) is 4.60. The van der Waals surface area contributed by atoms with Crippen molar-refractivity contribution in [2.24, 2.45) is 0 Å². The van der Waals surface area contributed by atoms with Crippen LogP contribution in [0.15, 0.2) is 24.4 Å². The minimum absolute atomic E-state index is 0.0106. The van der Waals surface area contributed by atoms with E-state index in [0.717, 1.165) is 17.3 Å². The van der Waals surface area contributed by atoms with Crippen LogP contribution in [-0.2, 0) is 0 Å². The molecule has 19 heavy (non-hydrogen) atoms. The zero-order chi connectivity index (χ0) is 13.8. The Balaban J connectivity index is 2.23. The third kappa shape index (κ3) is 2.88. The Bertz CT molecular complexity index is 577. The number of aromatic nitrogens is 1. The van der Waals surface area contributed by atoms with Crippen LogP contribution in [0.5, 0.6) is 0 Å². The van der Waals surface area contributed by atoms with Crippen molar-refractivity contribution in [1.82, 2.24) is 10.3 Å². The fraction of sp³-hybridized carbons (Fsp3) is 0.357. The van der Waals surface area contributed by atoms with Gasteiger partial charge in [0.1, 0.15) is 0 Å². The van der Waals surface area contributed by atoms with Gasteiger partial charge in [0.05, 0.1) is 5.56 Å². The number of aliphatic hydroxyl groups excluding tert-OH is 1. The predicted octanol–water partition coefficient (Wildman–Crippen LogP) is 1.64. The van der Waals surface area contributed by atoms with E-state index in [1.54, 1.807) is 18.3 Å². The Morgan fingerprint density at radius 2 is 2.32 bits per heavy atom. The highest BCUT2D eigenvalue weighted by Gasteiger charge is 2.15. The van der Waals surface area contributed by atoms with Crippen molar-refractivity contribution in [2.75, 3.05) is 12.3 Å². The average molecular weight is 261 g/mol. The maximum Gasteiger partial charge on any atom is 0.253 e. The molecule has 1 unspecified atom stereocenters. The molecule has 1 amide bonds. The Morgan fingerprint density at radius 1 is 1.53 bits per heavy atom. The molecule has 5 nitrogen and oxygen atoms in total. The minimum Gasteiger partial charge on any atom is -0.399 e. The van der Waals surface area contributed by atoms with Crippen molar-refractivity contribution in [3.8, 4) is 0 Å². The summed E-state index contributed by atoms with van der Waals surface area (Å²) in [5, 5.41) is 12.7. The molecule has 5 heteroatoms. The number of carbonyl (C=O) groups is 1. The minimum atomic E-state index is -0.142. The Hall–Kier alpha value is -2.01. The van der Waals surface area contributed by atoms with E-state index >= 15 is 0 Å². The Morgan fingerprint density at radius 3 is 3.00 bits per heavy atom. The monoisotopic (exact) mass is 261 g/mol. The summed E-state index contributed by atoms with van der Waals surface area (Å²) in [6, 6.07) is 5.42. The van der Waals surface area contributed by atoms with Gasteiger partial charge in [0.15, 0.2) is 0 Å². The summed E-state index contributed by atoms with van der Waals surface area (Å²) in [6.45, 7) is 2.05. The van der Waals surface area contributed by atoms with E-state index in [4.69, 9.17) is 10.8 Å². The van der Waals surface area contributed by atoms with Gasteiger partial charge >= 0.3 is 0 Å². The van der Waals surface area contributed by atoms with Crippen LogP contribution >= 0.6 is 0 Å². The highest BCUT2D eigenvalue weighted by Crippen LogP contribution is 2.21. The van der Waals surface area contributed by atoms with Gasteiger partial charge in [0, 0.05) is 35.4 Å². The molecule has 1 atom stereocenters. The summed E-state index contributed by atoms with van der Waals surface area (Å²) in [6.07, 6.45) is 3.04. The van der Waals surface area contributed by atoms with Crippen LogP contribution in [0.3, 0.4) is 0 Å². The van der Waals surface area contributed by atoms with Crippen LogP contribution in [-0.4, -0.2) is 28.6 Å². The predicted molar refractivity (Wildman–Crippen MR) is 76.0 cm³/mol. The molecule has 0 aliphatic carbocycles. The first-order valence-electron chi connectivity index (χ1n) is 6.44. The van der Waals surface area contributed by atoms with E-state index in [1.165, 1.54) is 0 Å². The first-order valence-corrected chi connectivity index (χ1v) is 6.44. The van der Waals surface area contributed by atoms with E-state index < -0.39 is 0 Å². The van der Waals surface area contributed by atoms with Gasteiger partial charge in [-0.2, -0.15) is 0 Å². The van der Waals surface area contributed by atoms with Crippen LogP contribution in [0.1, 0.15) is 30.1 Å². The summed E-state index contributed by atoms with van der Waals surface area (Å²) < 4.78 is 0. The van der Waals surface area contributed by atoms with Gasteiger partial charge in [0.2, 0.25) is 0 Å². The van der Waals surface area contributed by atoms with E-state index in [2.05, 4.69) is 10.3 Å². The maximum atomic E-state index is 12.2. The quantitative estimate of drug-likeness (QED) is 0.617. The van der Waals surface area contributed by atoms with Gasteiger partial charge in [-0.15, -0.1) is 0 Å². The SMILES string of the molecule is CCC(CCO)NC(=O)c1c[nH]c2ccc(N)cc12. The number of amides is 1. The summed E-state index contributed by atoms with van der Waals surface area (Å²) >= 11 is 0. The van der Waals surface area contributed by atoms with Crippen LogP contribution in [0.2, 0.25) is 0 Å². The Labute approximate surface area is 111 Å². The van der Waals surface area contributed by atoms with Crippen LogP contribution < -0.4 is 11.1 Å². The van der Waals surface area contributed by atoms with Gasteiger partial charge in [-0.25, -0.2) is 0 Å². The number of hydrogen-bond acceptors (Lipinski definition) is 3. The number of carbonyl (C=O) groups excluding carboxylic acids is 1. The third-order valence-electron chi connectivity index (χ3n) is 3.26. The fourth-order valence-corrected chi connectivity index (χ4v) is 2.12. The molecule has 0 bridgehead atoms. The number of fused-ring (bicyclic) bond motifs is 1. The molecule has 0 fully saturated rings. The number of H-pyrrole nitrogens is 1. The van der Waals surface area contributed by atoms with Gasteiger partial charge in [-0.05, 0) is 31.0 Å². The number of aromatic amines is 1. The first-order chi connectivity index (χ1) is 9.15. The van der Waals surface area contributed by atoms with Gasteiger partial charge in [-0.3, -0.25) is 4.79 Å². The zero-order valence-corrected chi connectivity index (χ0v) is 10.9. The molecule has 5 N–H and O–H groups in total. The standard InChI is InChI=1S/C14H19N3O2/c1-2-10(5-6-18)17-14(19)12-8-16-13-4-3-9(15)7-11(12)13/h3-4,7-8,10,16,18H,2,5-6,15H2,1H3,(H,17,19). The topological polar surface area (TPSA) is 91.1 Å². The molecule has 1 aromatic heterocycles. The number of benzene rings is 1. The molecule has 0 spiro atoms. The largest absolute Gasteiger partial charge is 0.399 e. The fourth-order valence-electron chi connectivity index (χ4n) is 2.12. The molecule has 0 aliphatic rings. The number of rotatable bonds is 5. The van der Waals surface area contributed by atoms with Crippen molar-refractivity contribution in [3.63, 3.8) is 0 Å². The molecule has 0 radical (unpaired) electrons. The Kier molecular flexibility index (Phi) is 4.06. The van der Waals surface area contributed by atoms with Gasteiger partial charge in [-0.1, -0.05) is 6.92 Å². The van der Waals surface area contributed by atoms with Gasteiger partial charge < -0.3 is 21.1 Å². The molecule has 2 rings (SSSR count). The maximum absolute atomic E-state index is 12.2. The number of nitrogens with one attached hydrogen (secondary N) is 2. The second kappa shape index (κ2) is 5.75. The lowest BCUT2D eigenvalue weighted by atomic mass is 10.1. The molecule has 0 saturated carbocycles.